The number of hydrogen-bond acceptors (Lipinski definition) is 6. The highest BCUT2D eigenvalue weighted by Crippen LogP contribution is 2.40. The van der Waals surface area contributed by atoms with Crippen molar-refractivity contribution < 1.29 is 19.4 Å². The van der Waals surface area contributed by atoms with E-state index in [4.69, 9.17) is 14.5 Å². The van der Waals surface area contributed by atoms with Gasteiger partial charge in [-0.1, -0.05) is 12.1 Å². The maximum Gasteiger partial charge on any atom is 0.310 e. The van der Waals surface area contributed by atoms with Gasteiger partial charge in [-0.3, -0.25) is 9.69 Å². The lowest BCUT2D eigenvalue weighted by Gasteiger charge is -2.38. The molecule has 0 amide bonds. The van der Waals surface area contributed by atoms with Crippen LogP contribution in [0.3, 0.4) is 0 Å². The van der Waals surface area contributed by atoms with Gasteiger partial charge in [-0.25, -0.2) is 4.99 Å². The molecule has 1 N–H and O–H groups in total. The number of piperazine rings is 1. The van der Waals surface area contributed by atoms with Crippen LogP contribution in [0.15, 0.2) is 47.5 Å². The van der Waals surface area contributed by atoms with Crippen molar-refractivity contribution in [1.29, 1.82) is 0 Å². The maximum atomic E-state index is 11.5. The number of rotatable bonds is 4. The summed E-state index contributed by atoms with van der Waals surface area (Å²) in [5, 5.41) is 9.42. The van der Waals surface area contributed by atoms with Gasteiger partial charge in [-0.05, 0) is 38.1 Å². The molecule has 2 aliphatic rings. The molecule has 0 bridgehead atoms. The van der Waals surface area contributed by atoms with Crippen molar-refractivity contribution in [2.75, 3.05) is 39.8 Å². The molecule has 7 nitrogen and oxygen atoms in total. The van der Waals surface area contributed by atoms with Crippen LogP contribution in [-0.2, 0) is 4.79 Å². The summed E-state index contributed by atoms with van der Waals surface area (Å²) in [5.41, 5.74) is 0.948. The lowest BCUT2D eigenvalue weighted by Crippen LogP contribution is -2.52. The molecule has 0 unspecified atom stereocenters. The van der Waals surface area contributed by atoms with E-state index in [0.717, 1.165) is 54.8 Å². The number of fused-ring (bicyclic) bond motifs is 2. The lowest BCUT2D eigenvalue weighted by molar-refractivity contribution is -0.148. The molecule has 2 aromatic carbocycles. The first-order valence-electron chi connectivity index (χ1n) is 10.1. The summed E-state index contributed by atoms with van der Waals surface area (Å²) < 4.78 is 11.5. The molecule has 1 saturated heterocycles. The summed E-state index contributed by atoms with van der Waals surface area (Å²) in [5.74, 6) is 2.26. The summed E-state index contributed by atoms with van der Waals surface area (Å²) in [6.07, 6.45) is 0. The van der Waals surface area contributed by atoms with Gasteiger partial charge in [0.2, 0.25) is 0 Å². The van der Waals surface area contributed by atoms with Crippen molar-refractivity contribution in [3.05, 3.63) is 48.0 Å². The number of nitrogens with zero attached hydrogens (tertiary/aromatic N) is 3. The van der Waals surface area contributed by atoms with E-state index in [9.17, 15) is 9.90 Å². The largest absolute Gasteiger partial charge is 0.497 e. The predicted octanol–water partition coefficient (Wildman–Crippen LogP) is 3.61. The summed E-state index contributed by atoms with van der Waals surface area (Å²) in [6, 6.07) is 13.6. The van der Waals surface area contributed by atoms with E-state index < -0.39 is 11.4 Å². The molecule has 2 aliphatic heterocycles. The third-order valence-electron chi connectivity index (χ3n) is 5.61. The van der Waals surface area contributed by atoms with Crippen molar-refractivity contribution in [2.45, 2.75) is 13.8 Å². The van der Waals surface area contributed by atoms with E-state index in [1.54, 1.807) is 21.0 Å². The first kappa shape index (κ1) is 20.2. The molecule has 4 rings (SSSR count). The predicted molar refractivity (Wildman–Crippen MR) is 115 cm³/mol. The fraction of sp³-hybridized carbons (Fsp3) is 0.391. The van der Waals surface area contributed by atoms with Gasteiger partial charge in [0.25, 0.3) is 0 Å². The normalized spacial score (nSPS) is 16.6. The topological polar surface area (TPSA) is 74.6 Å². The number of carboxylic acids is 1. The third-order valence-corrected chi connectivity index (χ3v) is 5.61. The second kappa shape index (κ2) is 7.99. The van der Waals surface area contributed by atoms with E-state index in [0.29, 0.717) is 12.3 Å². The molecular formula is C23H27N3O4. The SMILES string of the molecule is COc1ccc2c(c1)Oc1ccccc1C(N1CCN(CC(C)(C)C(=O)O)CC1)=N2. The Morgan fingerprint density at radius 1 is 1.13 bits per heavy atom. The summed E-state index contributed by atoms with van der Waals surface area (Å²) in [7, 11) is 1.63. The van der Waals surface area contributed by atoms with E-state index in [2.05, 4.69) is 9.80 Å². The molecular weight excluding hydrogens is 382 g/mol. The zero-order valence-corrected chi connectivity index (χ0v) is 17.6. The highest BCUT2D eigenvalue weighted by atomic mass is 16.5. The van der Waals surface area contributed by atoms with Crippen molar-refractivity contribution in [2.24, 2.45) is 10.4 Å². The van der Waals surface area contributed by atoms with Crippen LogP contribution in [0, 0.1) is 5.41 Å². The molecule has 0 saturated carbocycles. The van der Waals surface area contributed by atoms with Gasteiger partial charge in [0.1, 0.15) is 23.0 Å². The Bertz CT molecular complexity index is 978. The van der Waals surface area contributed by atoms with Crippen LogP contribution < -0.4 is 9.47 Å². The van der Waals surface area contributed by atoms with Crippen molar-refractivity contribution in [3.8, 4) is 17.2 Å². The van der Waals surface area contributed by atoms with Crippen LogP contribution in [0.2, 0.25) is 0 Å². The number of amidine groups is 1. The Labute approximate surface area is 176 Å². The summed E-state index contributed by atoms with van der Waals surface area (Å²) in [4.78, 5) is 20.9. The Morgan fingerprint density at radius 2 is 1.87 bits per heavy atom. The van der Waals surface area contributed by atoms with Crippen molar-refractivity contribution in [3.63, 3.8) is 0 Å². The minimum atomic E-state index is -0.767. The molecule has 30 heavy (non-hydrogen) atoms. The number of benzene rings is 2. The highest BCUT2D eigenvalue weighted by Gasteiger charge is 2.32. The monoisotopic (exact) mass is 409 g/mol. The molecule has 2 aromatic rings. The third kappa shape index (κ3) is 3.98. The second-order valence-electron chi connectivity index (χ2n) is 8.32. The molecule has 2 heterocycles. The Kier molecular flexibility index (Phi) is 5.39. The number of methoxy groups -OCH3 is 1. The quantitative estimate of drug-likeness (QED) is 0.832. The molecule has 0 aliphatic carbocycles. The minimum absolute atomic E-state index is 0.533. The zero-order valence-electron chi connectivity index (χ0n) is 17.6. The van der Waals surface area contributed by atoms with Crippen molar-refractivity contribution >= 4 is 17.5 Å². The number of ether oxygens (including phenoxy) is 2. The Hall–Kier alpha value is -3.06. The van der Waals surface area contributed by atoms with Crippen LogP contribution >= 0.6 is 0 Å². The van der Waals surface area contributed by atoms with Gasteiger partial charge in [-0.2, -0.15) is 0 Å². The molecule has 0 atom stereocenters. The first-order valence-corrected chi connectivity index (χ1v) is 10.1. The molecule has 0 aromatic heterocycles. The maximum absolute atomic E-state index is 11.5. The highest BCUT2D eigenvalue weighted by molar-refractivity contribution is 6.03. The van der Waals surface area contributed by atoms with Gasteiger partial charge in [0.05, 0.1) is 18.1 Å². The lowest BCUT2D eigenvalue weighted by atomic mass is 9.93. The summed E-state index contributed by atoms with van der Waals surface area (Å²) in [6.45, 7) is 7.20. The Morgan fingerprint density at radius 3 is 2.57 bits per heavy atom. The molecule has 7 heteroatoms. The number of para-hydroxylation sites is 1. The van der Waals surface area contributed by atoms with E-state index >= 15 is 0 Å². The average molecular weight is 409 g/mol. The van der Waals surface area contributed by atoms with Crippen LogP contribution in [0.5, 0.6) is 17.2 Å². The van der Waals surface area contributed by atoms with Crippen LogP contribution in [0.1, 0.15) is 19.4 Å². The molecule has 0 spiro atoms. The fourth-order valence-corrected chi connectivity index (χ4v) is 3.81. The molecule has 0 radical (unpaired) electrons. The standard InChI is InChI=1S/C23H27N3O4/c1-23(2,22(27)28)15-25-10-12-26(13-11-25)21-17-6-4-5-7-19(17)30-20-14-16(29-3)8-9-18(20)24-21/h4-9,14H,10-13,15H2,1-3H3,(H,27,28). The van der Waals surface area contributed by atoms with Gasteiger partial charge in [-0.15, -0.1) is 0 Å². The van der Waals surface area contributed by atoms with Crippen LogP contribution in [0.4, 0.5) is 5.69 Å². The number of hydrogen-bond donors (Lipinski definition) is 1. The zero-order chi connectivity index (χ0) is 21.3. The van der Waals surface area contributed by atoms with E-state index in [1.807, 2.05) is 42.5 Å². The smallest absolute Gasteiger partial charge is 0.310 e. The number of aliphatic carboxylic acids is 1. The van der Waals surface area contributed by atoms with Gasteiger partial charge < -0.3 is 19.5 Å². The van der Waals surface area contributed by atoms with Crippen molar-refractivity contribution in [1.82, 2.24) is 9.80 Å². The van der Waals surface area contributed by atoms with Gasteiger partial charge in [0, 0.05) is 38.8 Å². The van der Waals surface area contributed by atoms with E-state index in [1.165, 1.54) is 0 Å². The van der Waals surface area contributed by atoms with Gasteiger partial charge >= 0.3 is 5.97 Å². The molecule has 1 fully saturated rings. The second-order valence-corrected chi connectivity index (χ2v) is 8.32. The number of carbonyl (C=O) groups is 1. The first-order chi connectivity index (χ1) is 14.4. The minimum Gasteiger partial charge on any atom is -0.497 e. The summed E-state index contributed by atoms with van der Waals surface area (Å²) >= 11 is 0. The number of aliphatic imine (C=N–C) groups is 1. The molecule has 158 valence electrons. The Balaban J connectivity index is 1.60. The number of carboxylic acid groups (broad SMARTS) is 1. The van der Waals surface area contributed by atoms with Crippen LogP contribution in [0.25, 0.3) is 0 Å². The van der Waals surface area contributed by atoms with E-state index in [-0.39, 0.29) is 0 Å². The average Bonchev–Trinajstić information content (AvgIpc) is 2.90. The van der Waals surface area contributed by atoms with Gasteiger partial charge in [0.15, 0.2) is 5.75 Å². The fourth-order valence-electron chi connectivity index (χ4n) is 3.81. The van der Waals surface area contributed by atoms with Crippen LogP contribution in [-0.4, -0.2) is 66.5 Å².